The molecule has 8 heteroatoms. The summed E-state index contributed by atoms with van der Waals surface area (Å²) in [5.74, 6) is 0.398. The monoisotopic (exact) mass is 421 g/mol. The summed E-state index contributed by atoms with van der Waals surface area (Å²) >= 11 is 1.61. The molecule has 1 saturated heterocycles. The highest BCUT2D eigenvalue weighted by molar-refractivity contribution is 7.15. The van der Waals surface area contributed by atoms with Gasteiger partial charge in [0.15, 0.2) is 5.58 Å². The zero-order valence-electron chi connectivity index (χ0n) is 17.0. The van der Waals surface area contributed by atoms with Crippen molar-refractivity contribution in [2.45, 2.75) is 33.2 Å². The Morgan fingerprint density at radius 1 is 1.10 bits per heavy atom. The maximum Gasteiger partial charge on any atom is 0.298 e. The molecule has 0 saturated carbocycles. The average molecular weight is 422 g/mol. The number of anilines is 1. The third-order valence-corrected chi connectivity index (χ3v) is 6.70. The summed E-state index contributed by atoms with van der Waals surface area (Å²) in [7, 11) is 0. The molecule has 30 heavy (non-hydrogen) atoms. The van der Waals surface area contributed by atoms with E-state index in [1.807, 2.05) is 38.1 Å². The minimum Gasteiger partial charge on any atom is -0.423 e. The topological polar surface area (TPSA) is 77.0 Å². The molecule has 1 aliphatic rings. The Hall–Kier alpha value is -3.00. The van der Waals surface area contributed by atoms with Crippen LogP contribution in [0.2, 0.25) is 0 Å². The number of oxazole rings is 1. The first kappa shape index (κ1) is 19.0. The molecule has 0 bridgehead atoms. The number of piperidine rings is 1. The summed E-state index contributed by atoms with van der Waals surface area (Å²) < 4.78 is 7.52. The molecule has 3 aromatic heterocycles. The van der Waals surface area contributed by atoms with Crippen molar-refractivity contribution in [2.24, 2.45) is 5.92 Å². The lowest BCUT2D eigenvalue weighted by atomic mass is 9.97. The molecule has 5 rings (SSSR count). The average Bonchev–Trinajstić information content (AvgIpc) is 3.33. The summed E-state index contributed by atoms with van der Waals surface area (Å²) in [6.45, 7) is 6.32. The number of nitrogens with zero attached hydrogens (tertiary/aromatic N) is 5. The minimum absolute atomic E-state index is 0.0565. The van der Waals surface area contributed by atoms with Gasteiger partial charge in [-0.25, -0.2) is 9.67 Å². The van der Waals surface area contributed by atoms with Crippen LogP contribution in [0.4, 0.5) is 6.01 Å². The van der Waals surface area contributed by atoms with Gasteiger partial charge in [-0.2, -0.15) is 10.1 Å². The van der Waals surface area contributed by atoms with Crippen molar-refractivity contribution in [1.29, 1.82) is 0 Å². The summed E-state index contributed by atoms with van der Waals surface area (Å²) in [6, 6.07) is 11.9. The Kier molecular flexibility index (Phi) is 4.86. The van der Waals surface area contributed by atoms with Crippen molar-refractivity contribution in [1.82, 2.24) is 19.7 Å². The number of rotatable bonds is 4. The lowest BCUT2D eigenvalue weighted by molar-refractivity contribution is 0.328. The molecule has 1 aromatic carbocycles. The van der Waals surface area contributed by atoms with Crippen molar-refractivity contribution in [3.63, 3.8) is 0 Å². The fraction of sp³-hybridized carbons (Fsp3) is 0.364. The molecule has 0 N–H and O–H groups in total. The van der Waals surface area contributed by atoms with Crippen molar-refractivity contribution in [2.75, 3.05) is 18.0 Å². The third-order valence-electron chi connectivity index (χ3n) is 5.60. The van der Waals surface area contributed by atoms with Gasteiger partial charge in [-0.15, -0.1) is 11.3 Å². The molecule has 0 amide bonds. The van der Waals surface area contributed by atoms with Crippen molar-refractivity contribution >= 4 is 28.5 Å². The number of benzene rings is 1. The van der Waals surface area contributed by atoms with Gasteiger partial charge in [-0.3, -0.25) is 4.79 Å². The fourth-order valence-corrected chi connectivity index (χ4v) is 4.90. The van der Waals surface area contributed by atoms with E-state index in [1.54, 1.807) is 28.2 Å². The van der Waals surface area contributed by atoms with Crippen LogP contribution in [0.5, 0.6) is 0 Å². The number of fused-ring (bicyclic) bond motifs is 1. The number of thiazole rings is 1. The maximum atomic E-state index is 12.4. The third kappa shape index (κ3) is 3.63. The van der Waals surface area contributed by atoms with Crippen LogP contribution in [0.3, 0.4) is 0 Å². The number of aryl methyl sites for hydroxylation is 2. The van der Waals surface area contributed by atoms with Crippen LogP contribution in [-0.2, 0) is 6.54 Å². The normalized spacial score (nSPS) is 15.2. The molecule has 0 aliphatic carbocycles. The first-order chi connectivity index (χ1) is 14.6. The van der Waals surface area contributed by atoms with E-state index >= 15 is 0 Å². The van der Waals surface area contributed by atoms with Crippen LogP contribution >= 0.6 is 11.3 Å². The predicted octanol–water partition coefficient (Wildman–Crippen LogP) is 4.04. The van der Waals surface area contributed by atoms with Gasteiger partial charge in [0.2, 0.25) is 0 Å². The van der Waals surface area contributed by atoms with Crippen LogP contribution in [-0.4, -0.2) is 32.8 Å². The summed E-state index contributed by atoms with van der Waals surface area (Å²) in [5.41, 5.74) is 3.43. The van der Waals surface area contributed by atoms with Gasteiger partial charge >= 0.3 is 0 Å². The van der Waals surface area contributed by atoms with E-state index in [1.165, 1.54) is 0 Å². The van der Waals surface area contributed by atoms with Crippen molar-refractivity contribution < 1.29 is 4.42 Å². The molecule has 1 aliphatic heterocycles. The molecule has 7 nitrogen and oxygen atoms in total. The van der Waals surface area contributed by atoms with Crippen LogP contribution in [0.1, 0.15) is 23.5 Å². The van der Waals surface area contributed by atoms with Gasteiger partial charge in [0, 0.05) is 25.7 Å². The molecular formula is C22H23N5O2S. The van der Waals surface area contributed by atoms with E-state index < -0.39 is 0 Å². The SMILES string of the molecule is Cc1nc(C)c(-c2ccc(=O)n(CC3CCN(c4nc5ccccc5o4)CC3)n2)s1. The molecule has 0 atom stereocenters. The lowest BCUT2D eigenvalue weighted by Crippen LogP contribution is -2.37. The van der Waals surface area contributed by atoms with E-state index in [0.717, 1.165) is 58.3 Å². The fourth-order valence-electron chi connectivity index (χ4n) is 4.02. The van der Waals surface area contributed by atoms with Gasteiger partial charge in [0.05, 0.1) is 15.6 Å². The summed E-state index contributed by atoms with van der Waals surface area (Å²) in [5, 5.41) is 5.65. The Morgan fingerprint density at radius 3 is 2.63 bits per heavy atom. The van der Waals surface area contributed by atoms with Crippen LogP contribution in [0, 0.1) is 19.8 Å². The highest BCUT2D eigenvalue weighted by Crippen LogP contribution is 2.29. The number of hydrogen-bond acceptors (Lipinski definition) is 7. The minimum atomic E-state index is -0.0565. The quantitative estimate of drug-likeness (QED) is 0.495. The zero-order chi connectivity index (χ0) is 20.7. The van der Waals surface area contributed by atoms with Gasteiger partial charge < -0.3 is 9.32 Å². The molecule has 1 fully saturated rings. The van der Waals surface area contributed by atoms with E-state index in [2.05, 4.69) is 20.0 Å². The van der Waals surface area contributed by atoms with E-state index in [4.69, 9.17) is 4.42 Å². The van der Waals surface area contributed by atoms with Crippen LogP contribution < -0.4 is 10.5 Å². The maximum absolute atomic E-state index is 12.4. The predicted molar refractivity (Wildman–Crippen MR) is 118 cm³/mol. The molecule has 0 spiro atoms. The smallest absolute Gasteiger partial charge is 0.298 e. The largest absolute Gasteiger partial charge is 0.423 e. The Bertz CT molecular complexity index is 1220. The first-order valence-electron chi connectivity index (χ1n) is 10.2. The number of aromatic nitrogens is 4. The van der Waals surface area contributed by atoms with Crippen molar-refractivity contribution in [3.05, 3.63) is 57.5 Å². The van der Waals surface area contributed by atoms with Gasteiger partial charge in [0.25, 0.3) is 11.6 Å². The standard InChI is InChI=1S/C22H23N5O2S/c1-14-21(30-15(2)23-14)18-7-8-20(28)27(25-18)13-16-9-11-26(12-10-16)22-24-17-5-3-4-6-19(17)29-22/h3-8,16H,9-13H2,1-2H3. The van der Waals surface area contributed by atoms with Crippen molar-refractivity contribution in [3.8, 4) is 10.6 Å². The number of hydrogen-bond donors (Lipinski definition) is 0. The van der Waals surface area contributed by atoms with Gasteiger partial charge in [-0.05, 0) is 50.8 Å². The van der Waals surface area contributed by atoms with Crippen LogP contribution in [0.25, 0.3) is 21.7 Å². The molecule has 0 radical (unpaired) electrons. The number of para-hydroxylation sites is 2. The molecule has 0 unspecified atom stereocenters. The summed E-state index contributed by atoms with van der Waals surface area (Å²) in [4.78, 5) is 24.7. The highest BCUT2D eigenvalue weighted by atomic mass is 32.1. The molecule has 4 heterocycles. The zero-order valence-corrected chi connectivity index (χ0v) is 17.9. The van der Waals surface area contributed by atoms with E-state index in [0.29, 0.717) is 18.5 Å². The Balaban J connectivity index is 1.29. The van der Waals surface area contributed by atoms with Gasteiger partial charge in [0.1, 0.15) is 11.2 Å². The molecule has 4 aromatic rings. The molecule has 154 valence electrons. The van der Waals surface area contributed by atoms with Crippen LogP contribution in [0.15, 0.2) is 45.6 Å². The van der Waals surface area contributed by atoms with E-state index in [-0.39, 0.29) is 5.56 Å². The second kappa shape index (κ2) is 7.68. The Morgan fingerprint density at radius 2 is 1.90 bits per heavy atom. The van der Waals surface area contributed by atoms with E-state index in [9.17, 15) is 4.79 Å². The highest BCUT2D eigenvalue weighted by Gasteiger charge is 2.24. The molecular weight excluding hydrogens is 398 g/mol. The first-order valence-corrected chi connectivity index (χ1v) is 11.0. The second-order valence-corrected chi connectivity index (χ2v) is 8.98. The van der Waals surface area contributed by atoms with Gasteiger partial charge in [-0.1, -0.05) is 12.1 Å². The lowest BCUT2D eigenvalue weighted by Gasteiger charge is -2.30. The second-order valence-electron chi connectivity index (χ2n) is 7.78. The summed E-state index contributed by atoms with van der Waals surface area (Å²) in [6.07, 6.45) is 1.94. The Labute approximate surface area is 178 Å².